The van der Waals surface area contributed by atoms with Crippen molar-refractivity contribution in [2.75, 3.05) is 14.2 Å². The molecule has 0 radical (unpaired) electrons. The molecule has 0 aliphatic heterocycles. The quantitative estimate of drug-likeness (QED) is 0.109. The Morgan fingerprint density at radius 1 is 0.796 bits per heavy atom. The second-order valence-corrected chi connectivity index (χ2v) is 26.1. The Balaban J connectivity index is 2.50. The fourth-order valence-corrected chi connectivity index (χ4v) is 7.94. The molecule has 0 N–H and O–H groups in total. The van der Waals surface area contributed by atoms with E-state index in [4.69, 9.17) is 23.1 Å². The van der Waals surface area contributed by atoms with E-state index in [0.717, 1.165) is 17.7 Å². The van der Waals surface area contributed by atoms with Gasteiger partial charge in [0.1, 0.15) is 17.5 Å². The third kappa shape index (κ3) is 13.7. The molecule has 1 aliphatic rings. The van der Waals surface area contributed by atoms with E-state index in [1.807, 2.05) is 36.4 Å². The van der Waals surface area contributed by atoms with Crippen LogP contribution >= 0.6 is 0 Å². The van der Waals surface area contributed by atoms with Crippen molar-refractivity contribution in [1.82, 2.24) is 0 Å². The highest BCUT2D eigenvalue weighted by Gasteiger charge is 2.43. The lowest BCUT2D eigenvalue weighted by atomic mass is 9.93. The van der Waals surface area contributed by atoms with Gasteiger partial charge in [0.2, 0.25) is 0 Å². The molecule has 0 heterocycles. The lowest BCUT2D eigenvalue weighted by Crippen LogP contribution is -2.48. The highest BCUT2D eigenvalue weighted by Crippen LogP contribution is 2.41. The van der Waals surface area contributed by atoms with Crippen molar-refractivity contribution in [2.24, 2.45) is 11.8 Å². The van der Waals surface area contributed by atoms with E-state index in [1.54, 1.807) is 7.11 Å². The van der Waals surface area contributed by atoms with Crippen molar-refractivity contribution in [2.45, 2.75) is 142 Å². The number of ketones is 1. The van der Waals surface area contributed by atoms with Crippen LogP contribution in [0.5, 0.6) is 5.75 Å². The Labute approximate surface area is 300 Å². The molecule has 49 heavy (non-hydrogen) atoms. The van der Waals surface area contributed by atoms with Crippen molar-refractivity contribution in [3.05, 3.63) is 66.3 Å². The van der Waals surface area contributed by atoms with E-state index in [1.165, 1.54) is 7.11 Å². The molecule has 0 saturated heterocycles. The van der Waals surface area contributed by atoms with Crippen LogP contribution in [0.1, 0.15) is 86.1 Å². The van der Waals surface area contributed by atoms with E-state index < -0.39 is 28.5 Å². The minimum absolute atomic E-state index is 0.0165. The molecule has 9 heteroatoms. The molecule has 0 bridgehead atoms. The Morgan fingerprint density at radius 2 is 1.37 bits per heavy atom. The summed E-state index contributed by atoms with van der Waals surface area (Å²) in [5, 5.41) is -0.0280. The molecule has 0 spiro atoms. The van der Waals surface area contributed by atoms with Crippen LogP contribution in [-0.2, 0) is 34.5 Å². The number of hydrogen-bond acceptors (Lipinski definition) is 7. The molecule has 0 fully saturated rings. The van der Waals surface area contributed by atoms with Crippen molar-refractivity contribution in [3.8, 4) is 5.75 Å². The molecule has 0 aromatic heterocycles. The Bertz CT molecular complexity index is 1270. The van der Waals surface area contributed by atoms with Crippen molar-refractivity contribution < 1.29 is 32.7 Å². The maximum atomic E-state index is 14.0. The third-order valence-corrected chi connectivity index (χ3v) is 19.6. The first-order valence-corrected chi connectivity index (χ1v) is 23.7. The normalized spacial score (nSPS) is 26.0. The van der Waals surface area contributed by atoms with E-state index in [-0.39, 0.29) is 52.9 Å². The lowest BCUT2D eigenvalue weighted by Gasteiger charge is -2.42. The predicted molar refractivity (Wildman–Crippen MR) is 206 cm³/mol. The van der Waals surface area contributed by atoms with Crippen LogP contribution in [0.3, 0.4) is 0 Å². The zero-order valence-corrected chi connectivity index (χ0v) is 34.8. The molecule has 1 aromatic carbocycles. The van der Waals surface area contributed by atoms with Crippen molar-refractivity contribution >= 4 is 28.4 Å². The molecule has 7 nitrogen and oxygen atoms in total. The SMILES string of the molecule is COC(=O)C1C/C=C/C[C@@H](C)C(OCc2ccc(OC)cc2)/C=C\C=C\C[C@@H](O[Si](C)(C)C(C)(C)C)CC(O[Si](C)(C)C(C)(C)C)CC1=O. The summed E-state index contributed by atoms with van der Waals surface area (Å²) >= 11 is 0. The van der Waals surface area contributed by atoms with Crippen LogP contribution in [0.25, 0.3) is 0 Å². The maximum absolute atomic E-state index is 14.0. The second-order valence-electron chi connectivity index (χ2n) is 16.6. The van der Waals surface area contributed by atoms with Gasteiger partial charge >= 0.3 is 5.97 Å². The van der Waals surface area contributed by atoms with Gasteiger partial charge in [-0.1, -0.05) is 97.1 Å². The monoisotopic (exact) mass is 714 g/mol. The van der Waals surface area contributed by atoms with Crippen LogP contribution in [0.2, 0.25) is 36.3 Å². The Kier molecular flexibility index (Phi) is 16.4. The molecule has 0 amide bonds. The summed E-state index contributed by atoms with van der Waals surface area (Å²) in [7, 11) is -1.42. The molecular weight excluding hydrogens is 649 g/mol. The summed E-state index contributed by atoms with van der Waals surface area (Å²) in [6.07, 6.45) is 14.1. The first-order valence-electron chi connectivity index (χ1n) is 17.9. The van der Waals surface area contributed by atoms with Gasteiger partial charge in [-0.15, -0.1) is 0 Å². The van der Waals surface area contributed by atoms with E-state index in [9.17, 15) is 9.59 Å². The van der Waals surface area contributed by atoms with Crippen LogP contribution < -0.4 is 4.74 Å². The van der Waals surface area contributed by atoms with Gasteiger partial charge in [-0.05, 0) is 85.6 Å². The summed E-state index contributed by atoms with van der Waals surface area (Å²) in [4.78, 5) is 26.9. The number of ether oxygens (including phenoxy) is 3. The Morgan fingerprint density at radius 3 is 1.92 bits per heavy atom. The predicted octanol–water partition coefficient (Wildman–Crippen LogP) is 9.99. The van der Waals surface area contributed by atoms with Crippen LogP contribution in [0.15, 0.2) is 60.7 Å². The molecule has 3 unspecified atom stereocenters. The smallest absolute Gasteiger partial charge is 0.316 e. The number of carbonyl (C=O) groups is 2. The molecule has 2 rings (SSSR count). The van der Waals surface area contributed by atoms with Gasteiger partial charge in [0.25, 0.3) is 0 Å². The lowest BCUT2D eigenvalue weighted by molar-refractivity contribution is -0.149. The minimum Gasteiger partial charge on any atom is -0.497 e. The number of hydrogen-bond donors (Lipinski definition) is 0. The fraction of sp³-hybridized carbons (Fsp3) is 0.650. The van der Waals surface area contributed by atoms with E-state index >= 15 is 0 Å². The summed E-state index contributed by atoms with van der Waals surface area (Å²) in [5.41, 5.74) is 1.07. The molecule has 5 atom stereocenters. The number of benzene rings is 1. The fourth-order valence-electron chi connectivity index (χ4n) is 5.20. The second kappa shape index (κ2) is 18.8. The number of rotatable bonds is 9. The third-order valence-electron chi connectivity index (χ3n) is 10.5. The van der Waals surface area contributed by atoms with Gasteiger partial charge in [0, 0.05) is 6.42 Å². The zero-order valence-electron chi connectivity index (χ0n) is 32.8. The number of Topliss-reactive ketones (excluding diaryl/α,β-unsaturated/α-hetero) is 1. The number of allylic oxidation sites excluding steroid dienone is 4. The molecule has 276 valence electrons. The first-order chi connectivity index (χ1) is 22.7. The number of carbonyl (C=O) groups excluding carboxylic acids is 2. The summed E-state index contributed by atoms with van der Waals surface area (Å²) in [5.74, 6) is -0.585. The summed E-state index contributed by atoms with van der Waals surface area (Å²) in [6, 6.07) is 7.91. The highest BCUT2D eigenvalue weighted by molar-refractivity contribution is 6.74. The summed E-state index contributed by atoms with van der Waals surface area (Å²) in [6.45, 7) is 24.9. The zero-order chi connectivity index (χ0) is 37.0. The topological polar surface area (TPSA) is 80.3 Å². The average molecular weight is 715 g/mol. The van der Waals surface area contributed by atoms with Gasteiger partial charge in [-0.2, -0.15) is 0 Å². The van der Waals surface area contributed by atoms with Crippen molar-refractivity contribution in [3.63, 3.8) is 0 Å². The van der Waals surface area contributed by atoms with E-state index in [0.29, 0.717) is 19.4 Å². The van der Waals surface area contributed by atoms with Gasteiger partial charge in [-0.25, -0.2) is 0 Å². The van der Waals surface area contributed by atoms with E-state index in [2.05, 4.69) is 99.0 Å². The average Bonchev–Trinajstić information content (AvgIpc) is 3.00. The minimum atomic E-state index is -2.26. The number of methoxy groups -OCH3 is 2. The maximum Gasteiger partial charge on any atom is 0.316 e. The van der Waals surface area contributed by atoms with Crippen molar-refractivity contribution in [1.29, 1.82) is 0 Å². The summed E-state index contributed by atoms with van der Waals surface area (Å²) < 4.78 is 30.8. The van der Waals surface area contributed by atoms with Gasteiger partial charge in [0.05, 0.1) is 39.1 Å². The molecular formula is C40H66O7Si2. The van der Waals surface area contributed by atoms with Gasteiger partial charge < -0.3 is 23.1 Å². The number of esters is 1. The Hall–Kier alpha value is -2.31. The van der Waals surface area contributed by atoms with Crippen LogP contribution in [0.4, 0.5) is 0 Å². The van der Waals surface area contributed by atoms with Crippen LogP contribution in [0, 0.1) is 11.8 Å². The molecule has 0 saturated carbocycles. The van der Waals surface area contributed by atoms with Gasteiger partial charge in [-0.3, -0.25) is 9.59 Å². The highest BCUT2D eigenvalue weighted by atomic mass is 28.4. The molecule has 1 aliphatic carbocycles. The van der Waals surface area contributed by atoms with Gasteiger partial charge in [0.15, 0.2) is 16.6 Å². The molecule has 1 aromatic rings. The first kappa shape index (κ1) is 42.9. The standard InChI is InChI=1S/C40H66O7Si2/c1-30-19-17-18-21-35(38(42)44-9)36(41)28-34(47-49(12,13)40(5,6)7)27-33(46-48(10,11)39(2,3)4)20-15-14-16-22-37(30)45-29-31-23-25-32(43-8)26-24-31/h14-18,22-26,30,33-35,37H,19-21,27-29H2,1-13H3/b15-14+,18-17+,22-16-/t30-,33-,34?,35?,37?/m1/s1. The van der Waals surface area contributed by atoms with Crippen LogP contribution in [-0.4, -0.2) is 60.9 Å². The largest absolute Gasteiger partial charge is 0.497 e.